The number of benzene rings is 1. The fourth-order valence-electron chi connectivity index (χ4n) is 4.22. The lowest BCUT2D eigenvalue weighted by atomic mass is 10.0. The van der Waals surface area contributed by atoms with Gasteiger partial charge in [-0.2, -0.15) is 5.26 Å². The van der Waals surface area contributed by atoms with Gasteiger partial charge in [0.2, 0.25) is 0 Å². The highest BCUT2D eigenvalue weighted by Gasteiger charge is 2.28. The van der Waals surface area contributed by atoms with Crippen LogP contribution in [-0.4, -0.2) is 42.2 Å². The van der Waals surface area contributed by atoms with E-state index in [0.717, 1.165) is 21.9 Å². The number of piperazine rings is 1. The van der Waals surface area contributed by atoms with E-state index in [4.69, 9.17) is 16.5 Å². The zero-order valence-corrected chi connectivity index (χ0v) is 21.1. The van der Waals surface area contributed by atoms with E-state index in [1.165, 1.54) is 11.3 Å². The summed E-state index contributed by atoms with van der Waals surface area (Å²) in [5, 5.41) is 22.9. The molecule has 1 amide bonds. The highest BCUT2D eigenvalue weighted by Crippen LogP contribution is 2.45. The first-order valence-electron chi connectivity index (χ1n) is 11.3. The Bertz CT molecular complexity index is 1400. The van der Waals surface area contributed by atoms with Crippen molar-refractivity contribution < 1.29 is 9.90 Å². The molecule has 5 rings (SSSR count). The zero-order valence-electron chi connectivity index (χ0n) is 19.5. The summed E-state index contributed by atoms with van der Waals surface area (Å²) in [6, 6.07) is 13.5. The average molecular weight is 507 g/mol. The van der Waals surface area contributed by atoms with Crippen LogP contribution in [0.25, 0.3) is 20.7 Å². The predicted octanol–water partition coefficient (Wildman–Crippen LogP) is 4.64. The molecule has 0 atom stereocenters. The number of phenols is 1. The van der Waals surface area contributed by atoms with Crippen LogP contribution >= 0.6 is 22.7 Å². The van der Waals surface area contributed by atoms with Crippen molar-refractivity contribution in [3.63, 3.8) is 0 Å². The first-order valence-corrected chi connectivity index (χ1v) is 13.0. The molecule has 0 bridgehead atoms. The summed E-state index contributed by atoms with van der Waals surface area (Å²) in [5.41, 5.74) is 14.0. The molecule has 5 N–H and O–H groups in total. The van der Waals surface area contributed by atoms with Crippen molar-refractivity contribution in [1.29, 1.82) is 5.26 Å². The Morgan fingerprint density at radius 1 is 1.11 bits per heavy atom. The average Bonchev–Trinajstić information content (AvgIpc) is 3.53. The number of carbonyl (C=O) groups excluding carboxylic acids is 1. The Labute approximate surface area is 211 Å². The van der Waals surface area contributed by atoms with Crippen molar-refractivity contribution in [3.8, 4) is 22.3 Å². The van der Waals surface area contributed by atoms with Gasteiger partial charge in [-0.25, -0.2) is 4.98 Å². The van der Waals surface area contributed by atoms with E-state index in [9.17, 15) is 15.2 Å². The van der Waals surface area contributed by atoms with Gasteiger partial charge in [-0.05, 0) is 23.6 Å². The van der Waals surface area contributed by atoms with Crippen LogP contribution in [0.4, 0.5) is 17.2 Å². The smallest absolute Gasteiger partial charge is 0.260 e. The van der Waals surface area contributed by atoms with Crippen molar-refractivity contribution >= 4 is 56.0 Å². The van der Waals surface area contributed by atoms with Gasteiger partial charge in [0.1, 0.15) is 32.9 Å². The number of anilines is 3. The lowest BCUT2D eigenvalue weighted by molar-refractivity contribution is 0.100. The molecule has 1 aliphatic heterocycles. The molecule has 8 nitrogen and oxygen atoms in total. The number of aromatic nitrogens is 1. The third kappa shape index (κ3) is 4.36. The topological polar surface area (TPSA) is 132 Å². The van der Waals surface area contributed by atoms with Crippen molar-refractivity contribution in [2.45, 2.75) is 13.8 Å². The number of carbonyl (C=O) groups is 1. The number of nitrogens with zero attached hydrogens (tertiary/aromatic N) is 4. The molecule has 35 heavy (non-hydrogen) atoms. The van der Waals surface area contributed by atoms with E-state index >= 15 is 0 Å². The molecule has 1 fully saturated rings. The normalized spacial score (nSPS) is 13.3. The van der Waals surface area contributed by atoms with E-state index in [-0.39, 0.29) is 16.3 Å². The van der Waals surface area contributed by atoms with Crippen LogP contribution in [-0.2, 0) is 0 Å². The molecular formula is C25H26N6O2S2. The number of primary amides is 1. The number of aromatic hydroxyl groups is 1. The number of nitriles is 1. The molecular weight excluding hydrogens is 480 g/mol. The second-order valence-corrected chi connectivity index (χ2v) is 9.57. The first-order chi connectivity index (χ1) is 17.0. The van der Waals surface area contributed by atoms with Crippen LogP contribution in [0, 0.1) is 11.3 Å². The predicted molar refractivity (Wildman–Crippen MR) is 144 cm³/mol. The molecule has 3 aromatic heterocycles. The largest absolute Gasteiger partial charge is 0.506 e. The van der Waals surface area contributed by atoms with Gasteiger partial charge >= 0.3 is 0 Å². The SMILES string of the molecule is CC.N#Cc1c(N2CCN(c3ccccc3O)CC2)nc2sc(C(N)=O)c(N)c2c1-c1cccs1. The molecule has 1 aromatic carbocycles. The van der Waals surface area contributed by atoms with Crippen LogP contribution in [0.5, 0.6) is 5.75 Å². The van der Waals surface area contributed by atoms with Gasteiger partial charge in [-0.15, -0.1) is 22.7 Å². The van der Waals surface area contributed by atoms with E-state index in [1.807, 2.05) is 43.5 Å². The number of rotatable bonds is 4. The van der Waals surface area contributed by atoms with Gasteiger partial charge in [-0.3, -0.25) is 4.79 Å². The summed E-state index contributed by atoms with van der Waals surface area (Å²) in [7, 11) is 0. The molecule has 0 aliphatic carbocycles. The van der Waals surface area contributed by atoms with E-state index < -0.39 is 5.91 Å². The maximum absolute atomic E-state index is 12.0. The minimum atomic E-state index is -0.607. The van der Waals surface area contributed by atoms with Gasteiger partial charge < -0.3 is 26.4 Å². The molecule has 0 radical (unpaired) electrons. The third-order valence-electron chi connectivity index (χ3n) is 5.76. The number of phenolic OH excluding ortho intramolecular Hbond substituents is 1. The fraction of sp³-hybridized carbons (Fsp3) is 0.240. The minimum absolute atomic E-state index is 0.247. The van der Waals surface area contributed by atoms with Gasteiger partial charge in [-0.1, -0.05) is 32.0 Å². The number of para-hydroxylation sites is 2. The summed E-state index contributed by atoms with van der Waals surface area (Å²) in [6.07, 6.45) is 0. The van der Waals surface area contributed by atoms with E-state index in [0.29, 0.717) is 53.3 Å². The number of fused-ring (bicyclic) bond motifs is 1. The third-order valence-corrected chi connectivity index (χ3v) is 7.76. The van der Waals surface area contributed by atoms with Gasteiger partial charge in [0.25, 0.3) is 5.91 Å². The van der Waals surface area contributed by atoms with Crippen LogP contribution in [0.2, 0.25) is 0 Å². The molecule has 180 valence electrons. The van der Waals surface area contributed by atoms with Crippen LogP contribution in [0.1, 0.15) is 29.1 Å². The summed E-state index contributed by atoms with van der Waals surface area (Å²) in [5.74, 6) is 0.211. The Hall–Kier alpha value is -3.81. The molecule has 1 aliphatic rings. The molecule has 1 saturated heterocycles. The maximum Gasteiger partial charge on any atom is 0.260 e. The monoisotopic (exact) mass is 506 g/mol. The second kappa shape index (κ2) is 10.2. The number of hydrogen-bond acceptors (Lipinski definition) is 9. The number of amides is 1. The standard InChI is InChI=1S/C23H20N6O2S2.C2H6/c24-12-13-17(16-6-3-11-32-16)18-19(25)20(21(26)31)33-23(18)27-22(13)29-9-7-28(8-10-29)14-4-1-2-5-15(14)30;1-2/h1-6,11,30H,7-10,25H2,(H2,26,31);1-2H3. The van der Waals surface area contributed by atoms with Crippen LogP contribution in [0.3, 0.4) is 0 Å². The highest BCUT2D eigenvalue weighted by molar-refractivity contribution is 7.21. The van der Waals surface area contributed by atoms with Crippen molar-refractivity contribution in [1.82, 2.24) is 4.98 Å². The van der Waals surface area contributed by atoms with Gasteiger partial charge in [0.05, 0.1) is 11.4 Å². The summed E-state index contributed by atoms with van der Waals surface area (Å²) in [4.78, 5) is 22.7. The van der Waals surface area contributed by atoms with Crippen molar-refractivity contribution in [2.75, 3.05) is 41.7 Å². The fourth-order valence-corrected chi connectivity index (χ4v) is 5.95. The zero-order chi connectivity index (χ0) is 25.1. The van der Waals surface area contributed by atoms with Gasteiger partial charge in [0.15, 0.2) is 0 Å². The Morgan fingerprint density at radius 3 is 2.40 bits per heavy atom. The molecule has 4 aromatic rings. The highest BCUT2D eigenvalue weighted by atomic mass is 32.1. The molecule has 0 saturated carbocycles. The number of thiophene rings is 2. The summed E-state index contributed by atoms with van der Waals surface area (Å²) in [6.45, 7) is 6.56. The molecule has 0 unspecified atom stereocenters. The Kier molecular flexibility index (Phi) is 7.10. The lowest BCUT2D eigenvalue weighted by Crippen LogP contribution is -2.47. The number of pyridine rings is 1. The van der Waals surface area contributed by atoms with Crippen molar-refractivity contribution in [2.24, 2.45) is 5.73 Å². The van der Waals surface area contributed by atoms with Crippen LogP contribution < -0.4 is 21.3 Å². The Morgan fingerprint density at radius 2 is 1.80 bits per heavy atom. The maximum atomic E-state index is 12.0. The Balaban J connectivity index is 0.00000141. The van der Waals surface area contributed by atoms with Crippen molar-refractivity contribution in [3.05, 3.63) is 52.2 Å². The first kappa shape index (κ1) is 24.3. The molecule has 10 heteroatoms. The summed E-state index contributed by atoms with van der Waals surface area (Å²) >= 11 is 2.66. The molecule has 4 heterocycles. The minimum Gasteiger partial charge on any atom is -0.506 e. The van der Waals surface area contributed by atoms with Crippen LogP contribution in [0.15, 0.2) is 41.8 Å². The quantitative estimate of drug-likeness (QED) is 0.367. The van der Waals surface area contributed by atoms with E-state index in [1.54, 1.807) is 12.1 Å². The number of hydrogen-bond donors (Lipinski definition) is 3. The number of nitrogens with two attached hydrogens (primary N) is 2. The van der Waals surface area contributed by atoms with Gasteiger partial charge in [0, 0.05) is 42.0 Å². The number of nitrogen functional groups attached to an aromatic ring is 1. The molecule has 0 spiro atoms. The second-order valence-electron chi connectivity index (χ2n) is 7.63. The van der Waals surface area contributed by atoms with E-state index in [2.05, 4.69) is 15.9 Å². The lowest BCUT2D eigenvalue weighted by Gasteiger charge is -2.37. The summed E-state index contributed by atoms with van der Waals surface area (Å²) < 4.78 is 0.